The van der Waals surface area contributed by atoms with E-state index in [0.717, 1.165) is 12.8 Å². The number of ether oxygens (including phenoxy) is 1. The number of carbonyl (C=O) groups is 2. The minimum absolute atomic E-state index is 0.0176. The lowest BCUT2D eigenvalue weighted by molar-refractivity contribution is -0.121. The summed E-state index contributed by atoms with van der Waals surface area (Å²) in [7, 11) is 1.42. The molecule has 0 spiro atoms. The normalized spacial score (nSPS) is 16.1. The first kappa shape index (κ1) is 13.5. The molecule has 1 heterocycles. The van der Waals surface area contributed by atoms with E-state index in [2.05, 4.69) is 10.3 Å². The second-order valence-electron chi connectivity index (χ2n) is 4.62. The molecular weight excluding hydrogens is 250 g/mol. The smallest absolute Gasteiger partial charge is 0.289 e. The van der Waals surface area contributed by atoms with E-state index in [0.29, 0.717) is 17.5 Å². The number of amides is 2. The maximum atomic E-state index is 12.0. The van der Waals surface area contributed by atoms with E-state index >= 15 is 0 Å². The maximum absolute atomic E-state index is 12.0. The summed E-state index contributed by atoms with van der Waals surface area (Å²) in [5.74, 6) is -0.118. The molecule has 1 aliphatic carbocycles. The molecule has 3 N–H and O–H groups in total. The standard InChI is InChI=1S/C12H17N3O4/c1-6-9(19-12(14-6)7-3-4-7)11(17)15-8(5-18-2)10(13)16/h7-8H,3-5H2,1-2H3,(H2,13,16)(H,15,17). The summed E-state index contributed by atoms with van der Waals surface area (Å²) in [5, 5.41) is 2.47. The first-order chi connectivity index (χ1) is 9.02. The minimum Gasteiger partial charge on any atom is -0.435 e. The van der Waals surface area contributed by atoms with Crippen molar-refractivity contribution in [3.8, 4) is 0 Å². The van der Waals surface area contributed by atoms with E-state index in [1.807, 2.05) is 0 Å². The molecule has 1 saturated carbocycles. The molecule has 0 radical (unpaired) electrons. The van der Waals surface area contributed by atoms with Gasteiger partial charge in [-0.25, -0.2) is 4.98 Å². The van der Waals surface area contributed by atoms with Gasteiger partial charge in [0.1, 0.15) is 6.04 Å². The van der Waals surface area contributed by atoms with E-state index < -0.39 is 17.9 Å². The third-order valence-corrected chi connectivity index (χ3v) is 2.93. The summed E-state index contributed by atoms with van der Waals surface area (Å²) in [6.45, 7) is 1.71. The zero-order valence-corrected chi connectivity index (χ0v) is 10.9. The lowest BCUT2D eigenvalue weighted by Gasteiger charge is -2.13. The number of primary amides is 1. The fraction of sp³-hybridized carbons (Fsp3) is 0.583. The summed E-state index contributed by atoms with van der Waals surface area (Å²) in [4.78, 5) is 27.4. The van der Waals surface area contributed by atoms with Crippen molar-refractivity contribution in [3.05, 3.63) is 17.3 Å². The Hall–Kier alpha value is -1.89. The van der Waals surface area contributed by atoms with Crippen LogP contribution in [-0.4, -0.2) is 36.6 Å². The number of oxazole rings is 1. The zero-order chi connectivity index (χ0) is 14.0. The third kappa shape index (κ3) is 3.11. The van der Waals surface area contributed by atoms with Gasteiger partial charge in [0.25, 0.3) is 5.91 Å². The molecule has 1 unspecified atom stereocenters. The quantitative estimate of drug-likeness (QED) is 0.759. The number of aromatic nitrogens is 1. The van der Waals surface area contributed by atoms with E-state index in [4.69, 9.17) is 14.9 Å². The first-order valence-electron chi connectivity index (χ1n) is 6.09. The Bertz CT molecular complexity index is 493. The van der Waals surface area contributed by atoms with Gasteiger partial charge in [0.15, 0.2) is 5.89 Å². The number of aryl methyl sites for hydroxylation is 1. The van der Waals surface area contributed by atoms with E-state index in [9.17, 15) is 9.59 Å². The highest BCUT2D eigenvalue weighted by atomic mass is 16.5. The second-order valence-corrected chi connectivity index (χ2v) is 4.62. The van der Waals surface area contributed by atoms with Gasteiger partial charge in [0.05, 0.1) is 12.3 Å². The number of hydrogen-bond donors (Lipinski definition) is 2. The van der Waals surface area contributed by atoms with Crippen molar-refractivity contribution in [2.24, 2.45) is 5.73 Å². The molecule has 7 heteroatoms. The van der Waals surface area contributed by atoms with Gasteiger partial charge in [-0.1, -0.05) is 0 Å². The van der Waals surface area contributed by atoms with Crippen LogP contribution >= 0.6 is 0 Å². The van der Waals surface area contributed by atoms with Crippen molar-refractivity contribution in [2.45, 2.75) is 31.7 Å². The van der Waals surface area contributed by atoms with Crippen LogP contribution in [0.4, 0.5) is 0 Å². The Balaban J connectivity index is 2.07. The number of nitrogens with zero attached hydrogens (tertiary/aromatic N) is 1. The predicted molar refractivity (Wildman–Crippen MR) is 65.5 cm³/mol. The number of hydrogen-bond acceptors (Lipinski definition) is 5. The van der Waals surface area contributed by atoms with Gasteiger partial charge in [-0.05, 0) is 19.8 Å². The van der Waals surface area contributed by atoms with Crippen molar-refractivity contribution < 1.29 is 18.7 Å². The molecule has 0 bridgehead atoms. The molecule has 1 aliphatic rings. The summed E-state index contributed by atoms with van der Waals surface area (Å²) in [5.41, 5.74) is 5.68. The Labute approximate surface area is 110 Å². The molecule has 104 valence electrons. The van der Waals surface area contributed by atoms with Crippen LogP contribution in [-0.2, 0) is 9.53 Å². The number of nitrogens with two attached hydrogens (primary N) is 1. The fourth-order valence-corrected chi connectivity index (χ4v) is 1.72. The predicted octanol–water partition coefficient (Wildman–Crippen LogP) is 0.0905. The van der Waals surface area contributed by atoms with Gasteiger partial charge < -0.3 is 20.2 Å². The molecule has 2 amide bonds. The lowest BCUT2D eigenvalue weighted by atomic mass is 10.2. The zero-order valence-electron chi connectivity index (χ0n) is 10.9. The number of carbonyl (C=O) groups excluding carboxylic acids is 2. The van der Waals surface area contributed by atoms with Gasteiger partial charge >= 0.3 is 0 Å². The van der Waals surface area contributed by atoms with Crippen LogP contribution in [0, 0.1) is 6.92 Å². The molecule has 1 aromatic heterocycles. The Morgan fingerprint density at radius 1 is 1.58 bits per heavy atom. The van der Waals surface area contributed by atoms with Crippen LogP contribution < -0.4 is 11.1 Å². The van der Waals surface area contributed by atoms with Gasteiger partial charge in [-0.3, -0.25) is 9.59 Å². The van der Waals surface area contributed by atoms with E-state index in [1.165, 1.54) is 7.11 Å². The van der Waals surface area contributed by atoms with Crippen molar-refractivity contribution in [2.75, 3.05) is 13.7 Å². The van der Waals surface area contributed by atoms with Gasteiger partial charge in [-0.2, -0.15) is 0 Å². The summed E-state index contributed by atoms with van der Waals surface area (Å²) < 4.78 is 10.3. The molecule has 2 rings (SSSR count). The van der Waals surface area contributed by atoms with Crippen LogP contribution in [0.25, 0.3) is 0 Å². The Kier molecular flexibility index (Phi) is 3.84. The molecule has 7 nitrogen and oxygen atoms in total. The van der Waals surface area contributed by atoms with Crippen LogP contribution in [0.3, 0.4) is 0 Å². The first-order valence-corrected chi connectivity index (χ1v) is 6.09. The van der Waals surface area contributed by atoms with Crippen molar-refractivity contribution in [3.63, 3.8) is 0 Å². The van der Waals surface area contributed by atoms with E-state index in [-0.39, 0.29) is 12.4 Å². The minimum atomic E-state index is -0.883. The monoisotopic (exact) mass is 267 g/mol. The molecule has 0 aromatic carbocycles. The molecule has 0 saturated heterocycles. The SMILES string of the molecule is COCC(NC(=O)c1oc(C2CC2)nc1C)C(N)=O. The van der Waals surface area contributed by atoms with Crippen molar-refractivity contribution in [1.29, 1.82) is 0 Å². The van der Waals surface area contributed by atoms with E-state index in [1.54, 1.807) is 6.92 Å². The Morgan fingerprint density at radius 3 is 2.79 bits per heavy atom. The second kappa shape index (κ2) is 5.40. The van der Waals surface area contributed by atoms with Crippen LogP contribution in [0.2, 0.25) is 0 Å². The van der Waals surface area contributed by atoms with Gasteiger partial charge in [-0.15, -0.1) is 0 Å². The highest BCUT2D eigenvalue weighted by Gasteiger charge is 2.31. The highest BCUT2D eigenvalue weighted by molar-refractivity contribution is 5.95. The lowest BCUT2D eigenvalue weighted by Crippen LogP contribution is -2.47. The largest absolute Gasteiger partial charge is 0.435 e. The van der Waals surface area contributed by atoms with Crippen LogP contribution in [0.1, 0.15) is 40.9 Å². The molecule has 0 aliphatic heterocycles. The third-order valence-electron chi connectivity index (χ3n) is 2.93. The molecular formula is C12H17N3O4. The fourth-order valence-electron chi connectivity index (χ4n) is 1.72. The average molecular weight is 267 g/mol. The number of methoxy groups -OCH3 is 1. The van der Waals surface area contributed by atoms with Gasteiger partial charge in [0, 0.05) is 13.0 Å². The summed E-state index contributed by atoms with van der Waals surface area (Å²) in [6.07, 6.45) is 2.07. The van der Waals surface area contributed by atoms with Crippen molar-refractivity contribution >= 4 is 11.8 Å². The summed E-state index contributed by atoms with van der Waals surface area (Å²) in [6, 6.07) is -0.883. The Morgan fingerprint density at radius 2 is 2.26 bits per heavy atom. The average Bonchev–Trinajstić information content (AvgIpc) is 3.12. The van der Waals surface area contributed by atoms with Crippen molar-refractivity contribution in [1.82, 2.24) is 10.3 Å². The number of rotatable bonds is 6. The molecule has 1 aromatic rings. The van der Waals surface area contributed by atoms with Crippen LogP contribution in [0.5, 0.6) is 0 Å². The van der Waals surface area contributed by atoms with Gasteiger partial charge in [0.2, 0.25) is 11.7 Å². The summed E-state index contributed by atoms with van der Waals surface area (Å²) >= 11 is 0. The molecule has 1 atom stereocenters. The maximum Gasteiger partial charge on any atom is 0.289 e. The van der Waals surface area contributed by atoms with Crippen LogP contribution in [0.15, 0.2) is 4.42 Å². The highest BCUT2D eigenvalue weighted by Crippen LogP contribution is 2.39. The molecule has 19 heavy (non-hydrogen) atoms. The number of nitrogens with one attached hydrogen (secondary N) is 1. The molecule has 1 fully saturated rings. The topological polar surface area (TPSA) is 107 Å².